The standard InChI is InChI=1S/C21H34N4O3.HI/c1-22-21(25-9-8-17(15-25)16-26-2)23-14-20(24-10-12-28-13-11-24)18-4-6-19(27-3)7-5-18;/h4-7,17,20H,8-16H2,1-3H3,(H,22,23);1H. The fourth-order valence-electron chi connectivity index (χ4n) is 4.09. The van der Waals surface area contributed by atoms with Crippen LogP contribution in [0.1, 0.15) is 18.0 Å². The Bertz CT molecular complexity index is 623. The molecule has 8 heteroatoms. The Morgan fingerprint density at radius 3 is 2.55 bits per heavy atom. The third-order valence-corrected chi connectivity index (χ3v) is 5.64. The number of hydrogen-bond acceptors (Lipinski definition) is 5. The highest BCUT2D eigenvalue weighted by Gasteiger charge is 2.27. The molecule has 0 amide bonds. The van der Waals surface area contributed by atoms with Crippen molar-refractivity contribution < 1.29 is 14.2 Å². The number of methoxy groups -OCH3 is 2. The molecule has 2 heterocycles. The zero-order chi connectivity index (χ0) is 19.8. The van der Waals surface area contributed by atoms with Gasteiger partial charge in [-0.05, 0) is 24.1 Å². The molecular weight excluding hydrogens is 483 g/mol. The molecule has 0 radical (unpaired) electrons. The van der Waals surface area contributed by atoms with Crippen LogP contribution in [-0.2, 0) is 9.47 Å². The normalized spacial score (nSPS) is 21.6. The second-order valence-corrected chi connectivity index (χ2v) is 7.42. The van der Waals surface area contributed by atoms with E-state index in [9.17, 15) is 0 Å². The van der Waals surface area contributed by atoms with Gasteiger partial charge in [0, 0.05) is 52.8 Å². The van der Waals surface area contributed by atoms with E-state index >= 15 is 0 Å². The minimum atomic E-state index is 0. The third-order valence-electron chi connectivity index (χ3n) is 5.64. The summed E-state index contributed by atoms with van der Waals surface area (Å²) in [6.07, 6.45) is 1.15. The summed E-state index contributed by atoms with van der Waals surface area (Å²) in [5, 5.41) is 3.62. The molecular formula is C21H35IN4O3. The van der Waals surface area contributed by atoms with Crippen molar-refractivity contribution >= 4 is 29.9 Å². The number of guanidine groups is 1. The van der Waals surface area contributed by atoms with Crippen LogP contribution >= 0.6 is 24.0 Å². The van der Waals surface area contributed by atoms with Gasteiger partial charge in [-0.2, -0.15) is 0 Å². The number of benzene rings is 1. The lowest BCUT2D eigenvalue weighted by molar-refractivity contribution is 0.0169. The Balaban J connectivity index is 0.00000300. The van der Waals surface area contributed by atoms with Gasteiger partial charge < -0.3 is 24.4 Å². The second kappa shape index (κ2) is 12.6. The first kappa shape index (κ1) is 24.2. The van der Waals surface area contributed by atoms with E-state index in [0.29, 0.717) is 5.92 Å². The van der Waals surface area contributed by atoms with Crippen molar-refractivity contribution in [1.29, 1.82) is 0 Å². The van der Waals surface area contributed by atoms with Gasteiger partial charge in [-0.25, -0.2) is 0 Å². The molecule has 1 aromatic rings. The number of nitrogens with one attached hydrogen (secondary N) is 1. The number of likely N-dealkylation sites (tertiary alicyclic amines) is 1. The van der Waals surface area contributed by atoms with E-state index in [4.69, 9.17) is 14.2 Å². The van der Waals surface area contributed by atoms with E-state index in [2.05, 4.69) is 32.2 Å². The van der Waals surface area contributed by atoms with Crippen LogP contribution in [0.2, 0.25) is 0 Å². The van der Waals surface area contributed by atoms with Crippen LogP contribution in [0.3, 0.4) is 0 Å². The molecule has 2 saturated heterocycles. The van der Waals surface area contributed by atoms with E-state index in [-0.39, 0.29) is 30.0 Å². The minimum absolute atomic E-state index is 0. The van der Waals surface area contributed by atoms with Gasteiger partial charge >= 0.3 is 0 Å². The highest BCUT2D eigenvalue weighted by molar-refractivity contribution is 14.0. The number of halogens is 1. The Morgan fingerprint density at radius 1 is 1.21 bits per heavy atom. The van der Waals surface area contributed by atoms with Gasteiger partial charge in [0.2, 0.25) is 0 Å². The van der Waals surface area contributed by atoms with Crippen molar-refractivity contribution in [2.24, 2.45) is 10.9 Å². The van der Waals surface area contributed by atoms with E-state index in [1.54, 1.807) is 14.2 Å². The minimum Gasteiger partial charge on any atom is -0.497 e. The van der Waals surface area contributed by atoms with Crippen LogP contribution in [0.4, 0.5) is 0 Å². The van der Waals surface area contributed by atoms with Crippen molar-refractivity contribution in [2.75, 3.05) is 73.8 Å². The number of nitrogens with zero attached hydrogens (tertiary/aromatic N) is 3. The molecule has 29 heavy (non-hydrogen) atoms. The van der Waals surface area contributed by atoms with Crippen molar-refractivity contribution in [1.82, 2.24) is 15.1 Å². The molecule has 164 valence electrons. The van der Waals surface area contributed by atoms with Gasteiger partial charge in [0.1, 0.15) is 5.75 Å². The highest BCUT2D eigenvalue weighted by Crippen LogP contribution is 2.24. The van der Waals surface area contributed by atoms with Crippen LogP contribution in [0.25, 0.3) is 0 Å². The molecule has 0 aromatic heterocycles. The summed E-state index contributed by atoms with van der Waals surface area (Å²) in [4.78, 5) is 9.36. The maximum Gasteiger partial charge on any atom is 0.193 e. The molecule has 0 saturated carbocycles. The molecule has 3 rings (SSSR count). The average Bonchev–Trinajstić information content (AvgIpc) is 3.21. The Morgan fingerprint density at radius 2 is 1.93 bits per heavy atom. The monoisotopic (exact) mass is 518 g/mol. The van der Waals surface area contributed by atoms with Crippen molar-refractivity contribution in [3.63, 3.8) is 0 Å². The van der Waals surface area contributed by atoms with Gasteiger partial charge in [0.15, 0.2) is 5.96 Å². The summed E-state index contributed by atoms with van der Waals surface area (Å²) in [7, 11) is 5.34. The predicted octanol–water partition coefficient (Wildman–Crippen LogP) is 2.23. The quantitative estimate of drug-likeness (QED) is 0.340. The lowest BCUT2D eigenvalue weighted by Gasteiger charge is -2.35. The Hall–Kier alpha value is -1.10. The van der Waals surface area contributed by atoms with Crippen molar-refractivity contribution in [3.05, 3.63) is 29.8 Å². The van der Waals surface area contributed by atoms with Gasteiger partial charge in [0.25, 0.3) is 0 Å². The van der Waals surface area contributed by atoms with Crippen LogP contribution in [0.5, 0.6) is 5.75 Å². The summed E-state index contributed by atoms with van der Waals surface area (Å²) in [6, 6.07) is 8.66. The molecule has 7 nitrogen and oxygen atoms in total. The van der Waals surface area contributed by atoms with E-state index in [1.807, 2.05) is 19.2 Å². The molecule has 0 aliphatic carbocycles. The number of hydrogen-bond donors (Lipinski definition) is 1. The average molecular weight is 518 g/mol. The van der Waals surface area contributed by atoms with Gasteiger partial charge in [-0.15, -0.1) is 24.0 Å². The number of ether oxygens (including phenoxy) is 3. The van der Waals surface area contributed by atoms with E-state index in [1.165, 1.54) is 5.56 Å². The summed E-state index contributed by atoms with van der Waals surface area (Å²) < 4.78 is 16.2. The van der Waals surface area contributed by atoms with Gasteiger partial charge in [-0.3, -0.25) is 9.89 Å². The van der Waals surface area contributed by atoms with Crippen molar-refractivity contribution in [2.45, 2.75) is 12.5 Å². The summed E-state index contributed by atoms with van der Waals surface area (Å²) >= 11 is 0. The van der Waals surface area contributed by atoms with Crippen LogP contribution in [-0.4, -0.2) is 89.6 Å². The molecule has 1 N–H and O–H groups in total. The number of morpholine rings is 1. The lowest BCUT2D eigenvalue weighted by Crippen LogP contribution is -2.47. The Kier molecular flexibility index (Phi) is 10.5. The molecule has 2 aliphatic rings. The highest BCUT2D eigenvalue weighted by atomic mass is 127. The first-order valence-corrected chi connectivity index (χ1v) is 10.2. The maximum absolute atomic E-state index is 5.56. The summed E-state index contributed by atoms with van der Waals surface area (Å²) in [6.45, 7) is 7.10. The number of aliphatic imine (C=N–C) groups is 1. The van der Waals surface area contributed by atoms with Gasteiger partial charge in [0.05, 0.1) is 33.0 Å². The molecule has 0 bridgehead atoms. The first-order valence-electron chi connectivity index (χ1n) is 10.2. The Labute approximate surface area is 191 Å². The molecule has 2 aliphatic heterocycles. The summed E-state index contributed by atoms with van der Waals surface area (Å²) in [5.74, 6) is 2.44. The lowest BCUT2D eigenvalue weighted by atomic mass is 10.0. The molecule has 2 atom stereocenters. The topological polar surface area (TPSA) is 58.6 Å². The SMILES string of the molecule is CN=C(NCC(c1ccc(OC)cc1)N1CCOCC1)N1CCC(COC)C1.I. The van der Waals surface area contributed by atoms with Crippen LogP contribution in [0, 0.1) is 5.92 Å². The smallest absolute Gasteiger partial charge is 0.193 e. The van der Waals surface area contributed by atoms with Crippen LogP contribution in [0.15, 0.2) is 29.3 Å². The van der Waals surface area contributed by atoms with Gasteiger partial charge in [-0.1, -0.05) is 12.1 Å². The zero-order valence-corrected chi connectivity index (χ0v) is 20.1. The molecule has 2 unspecified atom stereocenters. The van der Waals surface area contributed by atoms with E-state index in [0.717, 1.165) is 70.7 Å². The molecule has 2 fully saturated rings. The van der Waals surface area contributed by atoms with Crippen molar-refractivity contribution in [3.8, 4) is 5.75 Å². The molecule has 0 spiro atoms. The van der Waals surface area contributed by atoms with E-state index < -0.39 is 0 Å². The molecule has 1 aromatic carbocycles. The third kappa shape index (κ3) is 6.70. The zero-order valence-electron chi connectivity index (χ0n) is 17.8. The largest absolute Gasteiger partial charge is 0.497 e. The maximum atomic E-state index is 5.56. The fraction of sp³-hybridized carbons (Fsp3) is 0.667. The second-order valence-electron chi connectivity index (χ2n) is 7.42. The number of rotatable bonds is 7. The first-order chi connectivity index (χ1) is 13.7. The predicted molar refractivity (Wildman–Crippen MR) is 126 cm³/mol. The van der Waals surface area contributed by atoms with Crippen LogP contribution < -0.4 is 10.1 Å². The summed E-state index contributed by atoms with van der Waals surface area (Å²) in [5.41, 5.74) is 1.28. The fourth-order valence-corrected chi connectivity index (χ4v) is 4.09.